The van der Waals surface area contributed by atoms with Crippen molar-refractivity contribution in [2.45, 2.75) is 11.7 Å². The van der Waals surface area contributed by atoms with E-state index in [9.17, 15) is 9.59 Å². The molecular formula is C20H19ClN2O3S. The first kappa shape index (κ1) is 20.8. The van der Waals surface area contributed by atoms with Crippen molar-refractivity contribution in [3.8, 4) is 6.07 Å². The Hall–Kier alpha value is -2.49. The third kappa shape index (κ3) is 7.33. The molecule has 7 heteroatoms. The fourth-order valence-electron chi connectivity index (χ4n) is 2.30. The number of rotatable bonds is 9. The van der Waals surface area contributed by atoms with Crippen molar-refractivity contribution in [1.82, 2.24) is 5.32 Å². The minimum absolute atomic E-state index is 0.0551. The smallest absolute Gasteiger partial charge is 0.316 e. The highest BCUT2D eigenvalue weighted by atomic mass is 35.5. The second-order valence-corrected chi connectivity index (χ2v) is 7.10. The third-order valence-corrected chi connectivity index (χ3v) is 5.10. The van der Waals surface area contributed by atoms with Gasteiger partial charge in [-0.05, 0) is 23.3 Å². The molecule has 1 N–H and O–H groups in total. The van der Waals surface area contributed by atoms with E-state index in [2.05, 4.69) is 5.32 Å². The van der Waals surface area contributed by atoms with Gasteiger partial charge < -0.3 is 10.1 Å². The largest absolute Gasteiger partial charge is 0.455 e. The molecule has 2 rings (SSSR count). The van der Waals surface area contributed by atoms with E-state index >= 15 is 0 Å². The maximum atomic E-state index is 12.0. The number of nitriles is 1. The van der Waals surface area contributed by atoms with Crippen LogP contribution in [0.5, 0.6) is 0 Å². The fraction of sp³-hybridized carbons (Fsp3) is 0.250. The molecule has 2 aromatic carbocycles. The van der Waals surface area contributed by atoms with Gasteiger partial charge in [-0.25, -0.2) is 0 Å². The lowest BCUT2D eigenvalue weighted by Gasteiger charge is -2.17. The summed E-state index contributed by atoms with van der Waals surface area (Å²) in [5.74, 6) is -0.778. The van der Waals surface area contributed by atoms with Gasteiger partial charge in [0.2, 0.25) is 0 Å². The molecule has 0 heterocycles. The van der Waals surface area contributed by atoms with Crippen LogP contribution in [0.15, 0.2) is 54.6 Å². The van der Waals surface area contributed by atoms with Crippen molar-refractivity contribution in [2.24, 2.45) is 0 Å². The molecule has 0 radical (unpaired) electrons. The molecule has 1 amide bonds. The quantitative estimate of drug-likeness (QED) is 0.510. The summed E-state index contributed by atoms with van der Waals surface area (Å²) in [5, 5.41) is 11.5. The molecule has 1 atom stereocenters. The Morgan fingerprint density at radius 2 is 1.78 bits per heavy atom. The van der Waals surface area contributed by atoms with Crippen LogP contribution in [0.1, 0.15) is 22.8 Å². The van der Waals surface area contributed by atoms with Gasteiger partial charge in [-0.2, -0.15) is 5.26 Å². The molecule has 2 aromatic rings. The van der Waals surface area contributed by atoms with E-state index in [0.717, 1.165) is 11.1 Å². The van der Waals surface area contributed by atoms with E-state index < -0.39 is 11.9 Å². The van der Waals surface area contributed by atoms with Crippen molar-refractivity contribution >= 4 is 35.2 Å². The summed E-state index contributed by atoms with van der Waals surface area (Å²) in [6, 6.07) is 19.2. The number of halogens is 1. The van der Waals surface area contributed by atoms with E-state index in [0.29, 0.717) is 5.02 Å². The Balaban J connectivity index is 1.92. The van der Waals surface area contributed by atoms with Gasteiger partial charge in [-0.3, -0.25) is 9.59 Å². The van der Waals surface area contributed by atoms with Gasteiger partial charge in [0.25, 0.3) is 5.91 Å². The zero-order chi connectivity index (χ0) is 19.5. The zero-order valence-corrected chi connectivity index (χ0v) is 16.1. The van der Waals surface area contributed by atoms with E-state index in [1.54, 1.807) is 0 Å². The highest BCUT2D eigenvalue weighted by Gasteiger charge is 2.17. The van der Waals surface area contributed by atoms with Crippen LogP contribution in [0.25, 0.3) is 0 Å². The minimum Gasteiger partial charge on any atom is -0.455 e. The molecule has 140 valence electrons. The van der Waals surface area contributed by atoms with E-state index in [4.69, 9.17) is 21.6 Å². The summed E-state index contributed by atoms with van der Waals surface area (Å²) in [7, 11) is 0. The molecule has 0 saturated heterocycles. The zero-order valence-electron chi connectivity index (χ0n) is 14.6. The maximum Gasteiger partial charge on any atom is 0.316 e. The lowest BCUT2D eigenvalue weighted by Crippen LogP contribution is -2.29. The van der Waals surface area contributed by atoms with Crippen LogP contribution in [0.2, 0.25) is 5.02 Å². The number of amides is 1. The van der Waals surface area contributed by atoms with Gasteiger partial charge in [0.15, 0.2) is 6.61 Å². The van der Waals surface area contributed by atoms with E-state index in [-0.39, 0.29) is 30.6 Å². The molecule has 0 unspecified atom stereocenters. The van der Waals surface area contributed by atoms with Crippen molar-refractivity contribution in [3.05, 3.63) is 70.7 Å². The Labute approximate surface area is 167 Å². The number of hydrogen-bond donors (Lipinski definition) is 1. The molecule has 0 aliphatic rings. The van der Waals surface area contributed by atoms with Crippen LogP contribution < -0.4 is 5.32 Å². The first-order chi connectivity index (χ1) is 13.1. The number of ether oxygens (including phenoxy) is 1. The van der Waals surface area contributed by atoms with Crippen molar-refractivity contribution in [1.29, 1.82) is 5.26 Å². The summed E-state index contributed by atoms with van der Waals surface area (Å²) in [6.07, 6.45) is 0.218. The highest BCUT2D eigenvalue weighted by molar-refractivity contribution is 8.00. The lowest BCUT2D eigenvalue weighted by atomic mass is 10.0. The summed E-state index contributed by atoms with van der Waals surface area (Å²) in [4.78, 5) is 23.5. The average molecular weight is 403 g/mol. The number of hydrogen-bond acceptors (Lipinski definition) is 5. The lowest BCUT2D eigenvalue weighted by molar-refractivity contribution is -0.145. The van der Waals surface area contributed by atoms with Gasteiger partial charge in [0.1, 0.15) is 0 Å². The number of nitrogens with one attached hydrogen (secondary N) is 1. The Kier molecular flexibility index (Phi) is 8.69. The molecule has 0 aromatic heterocycles. The molecule has 27 heavy (non-hydrogen) atoms. The molecule has 0 aliphatic heterocycles. The van der Waals surface area contributed by atoms with Gasteiger partial charge in [0, 0.05) is 11.6 Å². The van der Waals surface area contributed by atoms with Crippen molar-refractivity contribution in [2.75, 3.05) is 18.9 Å². The van der Waals surface area contributed by atoms with Gasteiger partial charge in [-0.1, -0.05) is 54.1 Å². The first-order valence-corrected chi connectivity index (χ1v) is 9.74. The third-order valence-electron chi connectivity index (χ3n) is 3.57. The van der Waals surface area contributed by atoms with E-state index in [1.807, 2.05) is 60.7 Å². The van der Waals surface area contributed by atoms with Gasteiger partial charge >= 0.3 is 5.97 Å². The average Bonchev–Trinajstić information content (AvgIpc) is 2.69. The second kappa shape index (κ2) is 11.3. The number of benzene rings is 2. The Bertz CT molecular complexity index is 791. The molecule has 0 fully saturated rings. The first-order valence-electron chi connectivity index (χ1n) is 8.31. The van der Waals surface area contributed by atoms with Crippen LogP contribution in [-0.2, 0) is 14.3 Å². The van der Waals surface area contributed by atoms with Gasteiger partial charge in [0.05, 0.1) is 23.5 Å². The van der Waals surface area contributed by atoms with Crippen LogP contribution in [0, 0.1) is 11.3 Å². The van der Waals surface area contributed by atoms with Crippen molar-refractivity contribution < 1.29 is 14.3 Å². The molecule has 0 aliphatic carbocycles. The monoisotopic (exact) mass is 402 g/mol. The summed E-state index contributed by atoms with van der Waals surface area (Å²) in [5.41, 5.74) is 2.09. The molecule has 0 saturated carbocycles. The number of carbonyl (C=O) groups is 2. The molecule has 0 spiro atoms. The highest BCUT2D eigenvalue weighted by Crippen LogP contribution is 2.36. The van der Waals surface area contributed by atoms with Gasteiger partial charge in [-0.15, -0.1) is 11.8 Å². The number of nitrogens with zero attached hydrogens (tertiary/aromatic N) is 1. The Morgan fingerprint density at radius 3 is 2.44 bits per heavy atom. The minimum atomic E-state index is -0.467. The predicted molar refractivity (Wildman–Crippen MR) is 106 cm³/mol. The molecular weight excluding hydrogens is 384 g/mol. The summed E-state index contributed by atoms with van der Waals surface area (Å²) in [6.45, 7) is -0.101. The number of thioether (sulfide) groups is 1. The topological polar surface area (TPSA) is 79.2 Å². The molecule has 5 nitrogen and oxygen atoms in total. The van der Waals surface area contributed by atoms with Crippen LogP contribution >= 0.6 is 23.4 Å². The second-order valence-electron chi connectivity index (χ2n) is 5.57. The number of carbonyl (C=O) groups excluding carboxylic acids is 2. The van der Waals surface area contributed by atoms with Crippen LogP contribution in [0.4, 0.5) is 0 Å². The fourth-order valence-corrected chi connectivity index (χ4v) is 3.51. The van der Waals surface area contributed by atoms with Crippen LogP contribution in [0.3, 0.4) is 0 Å². The molecule has 0 bridgehead atoms. The standard InChI is InChI=1S/C20H19ClN2O3S/c21-17-9-7-16(8-10-17)20(15-5-2-1-3-6-15)27-14-19(25)26-13-18(24)23-12-4-11-22/h1-3,5-10,20H,4,12-14H2,(H,23,24)/t20-/m0/s1. The predicted octanol–water partition coefficient (Wildman–Crippen LogP) is 3.74. The maximum absolute atomic E-state index is 12.0. The SMILES string of the molecule is N#CCCNC(=O)COC(=O)CS[C@@H](c1ccccc1)c1ccc(Cl)cc1. The normalized spacial score (nSPS) is 11.3. The van der Waals surface area contributed by atoms with Crippen molar-refractivity contribution in [3.63, 3.8) is 0 Å². The van der Waals surface area contributed by atoms with Crippen LogP contribution in [-0.4, -0.2) is 30.8 Å². The number of esters is 1. The Morgan fingerprint density at radius 1 is 1.11 bits per heavy atom. The van der Waals surface area contributed by atoms with E-state index in [1.165, 1.54) is 11.8 Å². The summed E-state index contributed by atoms with van der Waals surface area (Å²) < 4.78 is 5.00. The summed E-state index contributed by atoms with van der Waals surface area (Å²) >= 11 is 7.39.